The van der Waals surface area contributed by atoms with Gasteiger partial charge in [0.2, 0.25) is 0 Å². The molecular weight excluding hydrogens is 160 g/mol. The van der Waals surface area contributed by atoms with Crippen LogP contribution < -0.4 is 5.73 Å². The Hall–Kier alpha value is -0.0800. The predicted molar refractivity (Wildman–Crippen MR) is 57.7 cm³/mol. The van der Waals surface area contributed by atoms with E-state index in [1.807, 2.05) is 0 Å². The van der Waals surface area contributed by atoms with E-state index in [9.17, 15) is 0 Å². The van der Waals surface area contributed by atoms with Crippen molar-refractivity contribution in [3.8, 4) is 0 Å². The van der Waals surface area contributed by atoms with Gasteiger partial charge in [-0.15, -0.1) is 0 Å². The summed E-state index contributed by atoms with van der Waals surface area (Å²) < 4.78 is 0. The Balaban J connectivity index is 2.49. The van der Waals surface area contributed by atoms with Crippen molar-refractivity contribution in [2.45, 2.75) is 46.1 Å². The largest absolute Gasteiger partial charge is 0.327 e. The van der Waals surface area contributed by atoms with E-state index in [1.165, 1.54) is 25.8 Å². The minimum absolute atomic E-state index is 0.381. The number of nitrogens with zero attached hydrogens (tertiary/aromatic N) is 1. The third-order valence-corrected chi connectivity index (χ3v) is 3.64. The SMILES string of the molecule is CCN(CC)CC1(C)CCCC1N. The topological polar surface area (TPSA) is 29.3 Å². The third kappa shape index (κ3) is 2.44. The first kappa shape index (κ1) is 11.0. The highest BCUT2D eigenvalue weighted by Crippen LogP contribution is 2.37. The van der Waals surface area contributed by atoms with Crippen LogP contribution >= 0.6 is 0 Å². The summed E-state index contributed by atoms with van der Waals surface area (Å²) in [6, 6.07) is 0.424. The van der Waals surface area contributed by atoms with Crippen molar-refractivity contribution < 1.29 is 0 Å². The fourth-order valence-corrected chi connectivity index (χ4v) is 2.41. The maximum atomic E-state index is 6.14. The summed E-state index contributed by atoms with van der Waals surface area (Å²) in [6.07, 6.45) is 3.85. The Morgan fingerprint density at radius 2 is 2.00 bits per heavy atom. The maximum Gasteiger partial charge on any atom is 0.0105 e. The van der Waals surface area contributed by atoms with Gasteiger partial charge in [0.15, 0.2) is 0 Å². The van der Waals surface area contributed by atoms with Crippen molar-refractivity contribution in [3.05, 3.63) is 0 Å². The van der Waals surface area contributed by atoms with Crippen LogP contribution in [0.3, 0.4) is 0 Å². The number of hydrogen-bond acceptors (Lipinski definition) is 2. The molecule has 0 spiro atoms. The average Bonchev–Trinajstić information content (AvgIpc) is 2.44. The van der Waals surface area contributed by atoms with Gasteiger partial charge in [0, 0.05) is 12.6 Å². The van der Waals surface area contributed by atoms with Gasteiger partial charge in [-0.05, 0) is 31.3 Å². The molecule has 2 unspecified atom stereocenters. The van der Waals surface area contributed by atoms with Gasteiger partial charge in [0.05, 0.1) is 0 Å². The van der Waals surface area contributed by atoms with E-state index in [1.54, 1.807) is 0 Å². The van der Waals surface area contributed by atoms with Gasteiger partial charge >= 0.3 is 0 Å². The van der Waals surface area contributed by atoms with Gasteiger partial charge in [-0.25, -0.2) is 0 Å². The van der Waals surface area contributed by atoms with Crippen LogP contribution in [0.5, 0.6) is 0 Å². The molecule has 0 aliphatic heterocycles. The summed E-state index contributed by atoms with van der Waals surface area (Å²) in [4.78, 5) is 2.49. The molecule has 0 aromatic heterocycles. The molecule has 0 bridgehead atoms. The molecule has 0 aromatic rings. The molecule has 13 heavy (non-hydrogen) atoms. The molecule has 1 saturated carbocycles. The minimum atomic E-state index is 0.381. The van der Waals surface area contributed by atoms with Gasteiger partial charge in [0.1, 0.15) is 0 Å². The predicted octanol–water partition coefficient (Wildman–Crippen LogP) is 1.85. The fraction of sp³-hybridized carbons (Fsp3) is 1.00. The van der Waals surface area contributed by atoms with Gasteiger partial charge in [-0.1, -0.05) is 27.2 Å². The number of nitrogens with two attached hydrogens (primary N) is 1. The zero-order valence-corrected chi connectivity index (χ0v) is 9.34. The molecule has 0 aromatic carbocycles. The Morgan fingerprint density at radius 3 is 2.38 bits per heavy atom. The van der Waals surface area contributed by atoms with E-state index in [0.29, 0.717) is 11.5 Å². The van der Waals surface area contributed by atoms with Crippen molar-refractivity contribution in [2.24, 2.45) is 11.1 Å². The van der Waals surface area contributed by atoms with E-state index < -0.39 is 0 Å². The van der Waals surface area contributed by atoms with E-state index in [0.717, 1.165) is 13.1 Å². The van der Waals surface area contributed by atoms with E-state index in [-0.39, 0.29) is 0 Å². The average molecular weight is 184 g/mol. The molecule has 2 heteroatoms. The van der Waals surface area contributed by atoms with Crippen molar-refractivity contribution in [1.82, 2.24) is 4.90 Å². The van der Waals surface area contributed by atoms with Gasteiger partial charge in [-0.2, -0.15) is 0 Å². The number of rotatable bonds is 4. The van der Waals surface area contributed by atoms with Crippen LogP contribution in [0.4, 0.5) is 0 Å². The monoisotopic (exact) mass is 184 g/mol. The lowest BCUT2D eigenvalue weighted by molar-refractivity contribution is 0.164. The molecule has 2 atom stereocenters. The summed E-state index contributed by atoms with van der Waals surface area (Å²) in [5.41, 5.74) is 6.53. The molecule has 0 heterocycles. The highest BCUT2D eigenvalue weighted by molar-refractivity contribution is 4.93. The molecule has 1 fully saturated rings. The van der Waals surface area contributed by atoms with Crippen LogP contribution in [-0.4, -0.2) is 30.6 Å². The van der Waals surface area contributed by atoms with Crippen LogP contribution in [-0.2, 0) is 0 Å². The fourth-order valence-electron chi connectivity index (χ4n) is 2.41. The quantitative estimate of drug-likeness (QED) is 0.722. The van der Waals surface area contributed by atoms with Crippen LogP contribution in [0.1, 0.15) is 40.0 Å². The van der Waals surface area contributed by atoms with Crippen LogP contribution in [0.2, 0.25) is 0 Å². The number of hydrogen-bond donors (Lipinski definition) is 1. The Morgan fingerprint density at radius 1 is 1.38 bits per heavy atom. The highest BCUT2D eigenvalue weighted by atomic mass is 15.1. The normalized spacial score (nSPS) is 34.4. The maximum absolute atomic E-state index is 6.14. The zero-order chi connectivity index (χ0) is 9.90. The lowest BCUT2D eigenvalue weighted by Gasteiger charge is -2.34. The molecular formula is C11H24N2. The van der Waals surface area contributed by atoms with Gasteiger partial charge < -0.3 is 10.6 Å². The second-order valence-electron chi connectivity index (χ2n) is 4.61. The minimum Gasteiger partial charge on any atom is -0.327 e. The zero-order valence-electron chi connectivity index (χ0n) is 9.34. The lowest BCUT2D eigenvalue weighted by Crippen LogP contribution is -2.44. The second kappa shape index (κ2) is 4.43. The Bertz CT molecular complexity index is 154. The molecule has 1 aliphatic rings. The molecule has 78 valence electrons. The summed E-state index contributed by atoms with van der Waals surface area (Å²) >= 11 is 0. The van der Waals surface area contributed by atoms with E-state index in [4.69, 9.17) is 5.73 Å². The Labute approximate surface area is 82.5 Å². The standard InChI is InChI=1S/C11H24N2/c1-4-13(5-2)9-11(3)8-6-7-10(11)12/h10H,4-9,12H2,1-3H3. The van der Waals surface area contributed by atoms with E-state index in [2.05, 4.69) is 25.7 Å². The third-order valence-electron chi connectivity index (χ3n) is 3.64. The van der Waals surface area contributed by atoms with Crippen molar-refractivity contribution in [3.63, 3.8) is 0 Å². The molecule has 0 radical (unpaired) electrons. The van der Waals surface area contributed by atoms with Crippen LogP contribution in [0.15, 0.2) is 0 Å². The molecule has 2 N–H and O–H groups in total. The van der Waals surface area contributed by atoms with Crippen LogP contribution in [0.25, 0.3) is 0 Å². The van der Waals surface area contributed by atoms with Crippen molar-refractivity contribution >= 4 is 0 Å². The molecule has 0 saturated heterocycles. The van der Waals surface area contributed by atoms with Crippen molar-refractivity contribution in [1.29, 1.82) is 0 Å². The first-order valence-corrected chi connectivity index (χ1v) is 5.60. The molecule has 1 aliphatic carbocycles. The summed E-state index contributed by atoms with van der Waals surface area (Å²) in [5.74, 6) is 0. The first-order valence-electron chi connectivity index (χ1n) is 5.60. The molecule has 1 rings (SSSR count). The summed E-state index contributed by atoms with van der Waals surface area (Å²) in [6.45, 7) is 10.3. The summed E-state index contributed by atoms with van der Waals surface area (Å²) in [7, 11) is 0. The Kier molecular flexibility index (Phi) is 3.74. The van der Waals surface area contributed by atoms with Gasteiger partial charge in [-0.3, -0.25) is 0 Å². The molecule has 0 amide bonds. The smallest absolute Gasteiger partial charge is 0.0105 e. The van der Waals surface area contributed by atoms with E-state index >= 15 is 0 Å². The molecule has 2 nitrogen and oxygen atoms in total. The summed E-state index contributed by atoms with van der Waals surface area (Å²) in [5, 5.41) is 0. The second-order valence-corrected chi connectivity index (χ2v) is 4.61. The van der Waals surface area contributed by atoms with Gasteiger partial charge in [0.25, 0.3) is 0 Å². The highest BCUT2D eigenvalue weighted by Gasteiger charge is 2.37. The van der Waals surface area contributed by atoms with Crippen molar-refractivity contribution in [2.75, 3.05) is 19.6 Å². The lowest BCUT2D eigenvalue weighted by atomic mass is 9.84. The van der Waals surface area contributed by atoms with Crippen LogP contribution in [0, 0.1) is 5.41 Å². The first-order chi connectivity index (χ1) is 6.12.